The van der Waals surface area contributed by atoms with Gasteiger partial charge in [0.1, 0.15) is 17.5 Å². The van der Waals surface area contributed by atoms with E-state index in [1.807, 2.05) is 20.8 Å². The zero-order valence-electron chi connectivity index (χ0n) is 11.9. The van der Waals surface area contributed by atoms with Gasteiger partial charge in [0.05, 0.1) is 6.61 Å². The molecule has 5 nitrogen and oxygen atoms in total. The van der Waals surface area contributed by atoms with Crippen molar-refractivity contribution >= 4 is 11.6 Å². The van der Waals surface area contributed by atoms with Gasteiger partial charge in [-0.05, 0) is 20.8 Å². The molecule has 0 amide bonds. The highest BCUT2D eigenvalue weighted by Gasteiger charge is 2.13. The molecule has 0 aliphatic carbocycles. The lowest BCUT2D eigenvalue weighted by molar-refractivity contribution is 0.281. The lowest BCUT2D eigenvalue weighted by Gasteiger charge is -2.18. The predicted molar refractivity (Wildman–Crippen MR) is 75.2 cm³/mol. The Kier molecular flexibility index (Phi) is 5.34. The molecule has 18 heavy (non-hydrogen) atoms. The van der Waals surface area contributed by atoms with E-state index in [-0.39, 0.29) is 18.6 Å². The van der Waals surface area contributed by atoms with Crippen molar-refractivity contribution in [2.75, 3.05) is 23.8 Å². The van der Waals surface area contributed by atoms with Crippen LogP contribution in [-0.4, -0.2) is 34.3 Å². The summed E-state index contributed by atoms with van der Waals surface area (Å²) >= 11 is 0. The summed E-state index contributed by atoms with van der Waals surface area (Å²) in [6.07, 6.45) is 0. The molecule has 3 N–H and O–H groups in total. The normalized spacial score (nSPS) is 12.6. The van der Waals surface area contributed by atoms with Gasteiger partial charge in [-0.1, -0.05) is 13.8 Å². The molecule has 5 heteroatoms. The number of aliphatic hydroxyl groups excluding tert-OH is 1. The number of hydrogen-bond acceptors (Lipinski definition) is 5. The van der Waals surface area contributed by atoms with E-state index in [2.05, 4.69) is 34.4 Å². The first-order chi connectivity index (χ1) is 8.49. The number of rotatable bonds is 6. The molecule has 1 rings (SSSR count). The zero-order valence-corrected chi connectivity index (χ0v) is 11.9. The first kappa shape index (κ1) is 14.7. The van der Waals surface area contributed by atoms with Crippen LogP contribution in [0.5, 0.6) is 0 Å². The van der Waals surface area contributed by atoms with Crippen LogP contribution in [0.2, 0.25) is 0 Å². The van der Waals surface area contributed by atoms with Gasteiger partial charge in [-0.25, -0.2) is 9.97 Å². The van der Waals surface area contributed by atoms with Crippen molar-refractivity contribution in [3.8, 4) is 0 Å². The van der Waals surface area contributed by atoms with Crippen LogP contribution in [0.15, 0.2) is 0 Å². The molecule has 102 valence electrons. The molecule has 1 aromatic rings. The second kappa shape index (κ2) is 6.54. The monoisotopic (exact) mass is 252 g/mol. The number of hydrogen-bond donors (Lipinski definition) is 3. The SMILES string of the molecule is CCNc1nc(C(C)C)nc(NC(C)CO)c1C. The van der Waals surface area contributed by atoms with Crippen LogP contribution >= 0.6 is 0 Å². The largest absolute Gasteiger partial charge is 0.394 e. The average molecular weight is 252 g/mol. The molecular weight excluding hydrogens is 228 g/mol. The van der Waals surface area contributed by atoms with Crippen LogP contribution in [0.4, 0.5) is 11.6 Å². The Balaban J connectivity index is 3.13. The predicted octanol–water partition coefficient (Wildman–Crippen LogP) is 2.13. The van der Waals surface area contributed by atoms with Gasteiger partial charge in [-0.3, -0.25) is 0 Å². The highest BCUT2D eigenvalue weighted by molar-refractivity contribution is 5.57. The number of aromatic nitrogens is 2. The van der Waals surface area contributed by atoms with Gasteiger partial charge >= 0.3 is 0 Å². The van der Waals surface area contributed by atoms with Crippen LogP contribution < -0.4 is 10.6 Å². The minimum Gasteiger partial charge on any atom is -0.394 e. The molecule has 0 radical (unpaired) electrons. The van der Waals surface area contributed by atoms with Crippen molar-refractivity contribution < 1.29 is 5.11 Å². The Morgan fingerprint density at radius 1 is 1.17 bits per heavy atom. The first-order valence-corrected chi connectivity index (χ1v) is 6.49. The van der Waals surface area contributed by atoms with Crippen LogP contribution in [0.1, 0.15) is 45.0 Å². The summed E-state index contributed by atoms with van der Waals surface area (Å²) in [4.78, 5) is 9.06. The molecule has 0 bridgehead atoms. The van der Waals surface area contributed by atoms with Gasteiger partial charge < -0.3 is 15.7 Å². The molecule has 0 aliphatic rings. The fourth-order valence-electron chi connectivity index (χ4n) is 1.55. The summed E-state index contributed by atoms with van der Waals surface area (Å²) in [6, 6.07) is -0.0203. The highest BCUT2D eigenvalue weighted by Crippen LogP contribution is 2.23. The molecule has 0 aliphatic heterocycles. The fraction of sp³-hybridized carbons (Fsp3) is 0.692. The Morgan fingerprint density at radius 2 is 1.78 bits per heavy atom. The van der Waals surface area contributed by atoms with Gasteiger partial charge in [0.25, 0.3) is 0 Å². The lowest BCUT2D eigenvalue weighted by atomic mass is 10.2. The molecule has 1 aromatic heterocycles. The van der Waals surface area contributed by atoms with E-state index in [0.29, 0.717) is 0 Å². The molecule has 0 aromatic carbocycles. The number of nitrogens with zero attached hydrogens (tertiary/aromatic N) is 2. The maximum Gasteiger partial charge on any atom is 0.135 e. The lowest BCUT2D eigenvalue weighted by Crippen LogP contribution is -2.22. The Morgan fingerprint density at radius 3 is 2.28 bits per heavy atom. The molecule has 0 fully saturated rings. The number of nitrogens with one attached hydrogen (secondary N) is 2. The third-order valence-electron chi connectivity index (χ3n) is 2.68. The van der Waals surface area contributed by atoms with Crippen molar-refractivity contribution in [1.29, 1.82) is 0 Å². The molecule has 0 saturated heterocycles. The van der Waals surface area contributed by atoms with Gasteiger partial charge in [-0.15, -0.1) is 0 Å². The van der Waals surface area contributed by atoms with Crippen LogP contribution in [0, 0.1) is 6.92 Å². The second-order valence-electron chi connectivity index (χ2n) is 4.82. The van der Waals surface area contributed by atoms with Gasteiger partial charge in [0.15, 0.2) is 0 Å². The molecular formula is C13H24N4O. The van der Waals surface area contributed by atoms with Gasteiger partial charge in [0.2, 0.25) is 0 Å². The van der Waals surface area contributed by atoms with Gasteiger partial charge in [-0.2, -0.15) is 0 Å². The van der Waals surface area contributed by atoms with Crippen molar-refractivity contribution in [2.45, 2.75) is 46.6 Å². The summed E-state index contributed by atoms with van der Waals surface area (Å²) in [5.41, 5.74) is 0.988. The average Bonchev–Trinajstić information content (AvgIpc) is 2.33. The van der Waals surface area contributed by atoms with Crippen molar-refractivity contribution in [3.63, 3.8) is 0 Å². The minimum absolute atomic E-state index is 0.0203. The molecule has 1 unspecified atom stereocenters. The zero-order chi connectivity index (χ0) is 13.7. The number of aliphatic hydroxyl groups is 1. The Labute approximate surface area is 109 Å². The van der Waals surface area contributed by atoms with E-state index >= 15 is 0 Å². The van der Waals surface area contributed by atoms with E-state index in [1.165, 1.54) is 0 Å². The summed E-state index contributed by atoms with van der Waals surface area (Å²) in [5.74, 6) is 2.74. The maximum atomic E-state index is 9.12. The Hall–Kier alpha value is -1.36. The van der Waals surface area contributed by atoms with E-state index in [0.717, 1.165) is 29.6 Å². The molecule has 0 spiro atoms. The third kappa shape index (κ3) is 3.57. The first-order valence-electron chi connectivity index (χ1n) is 6.49. The summed E-state index contributed by atoms with van der Waals surface area (Å²) in [5, 5.41) is 15.6. The molecule has 0 saturated carbocycles. The maximum absolute atomic E-state index is 9.12. The smallest absolute Gasteiger partial charge is 0.135 e. The third-order valence-corrected chi connectivity index (χ3v) is 2.68. The van der Waals surface area contributed by atoms with Crippen LogP contribution in [0.25, 0.3) is 0 Å². The van der Waals surface area contributed by atoms with E-state index in [9.17, 15) is 0 Å². The van der Waals surface area contributed by atoms with Gasteiger partial charge in [0, 0.05) is 24.1 Å². The van der Waals surface area contributed by atoms with Crippen LogP contribution in [0.3, 0.4) is 0 Å². The topological polar surface area (TPSA) is 70.1 Å². The van der Waals surface area contributed by atoms with Crippen LogP contribution in [-0.2, 0) is 0 Å². The van der Waals surface area contributed by atoms with Crippen molar-refractivity contribution in [3.05, 3.63) is 11.4 Å². The highest BCUT2D eigenvalue weighted by atomic mass is 16.3. The minimum atomic E-state index is -0.0203. The Bertz CT molecular complexity index is 393. The standard InChI is InChI=1S/C13H24N4O/c1-6-14-12-10(5)13(15-9(4)7-18)17-11(16-12)8(2)3/h8-9,18H,6-7H2,1-5H3,(H2,14,15,16,17). The second-order valence-corrected chi connectivity index (χ2v) is 4.82. The van der Waals surface area contributed by atoms with E-state index < -0.39 is 0 Å². The van der Waals surface area contributed by atoms with E-state index in [4.69, 9.17) is 5.11 Å². The van der Waals surface area contributed by atoms with Crippen molar-refractivity contribution in [1.82, 2.24) is 9.97 Å². The van der Waals surface area contributed by atoms with Crippen molar-refractivity contribution in [2.24, 2.45) is 0 Å². The molecule has 1 heterocycles. The summed E-state index contributed by atoms with van der Waals surface area (Å²) < 4.78 is 0. The summed E-state index contributed by atoms with van der Waals surface area (Å²) in [6.45, 7) is 11.0. The van der Waals surface area contributed by atoms with E-state index in [1.54, 1.807) is 0 Å². The molecule has 1 atom stereocenters. The number of anilines is 2. The summed E-state index contributed by atoms with van der Waals surface area (Å²) in [7, 11) is 0. The fourth-order valence-corrected chi connectivity index (χ4v) is 1.55. The quantitative estimate of drug-likeness (QED) is 0.723.